The van der Waals surface area contributed by atoms with Crippen molar-refractivity contribution in [3.63, 3.8) is 0 Å². The van der Waals surface area contributed by atoms with Gasteiger partial charge in [0, 0.05) is 86.1 Å². The Bertz CT molecular complexity index is 5050. The minimum absolute atomic E-state index is 0. The third-order valence-corrected chi connectivity index (χ3v) is 15.1. The number of esters is 7. The van der Waals surface area contributed by atoms with Gasteiger partial charge in [-0.25, -0.2) is 54.1 Å². The van der Waals surface area contributed by atoms with Gasteiger partial charge in [0.15, 0.2) is 23.2 Å². The molecular formula is C89H118F3Li4N16NaO29. The molecule has 1 unspecified atom stereocenters. The van der Waals surface area contributed by atoms with Crippen LogP contribution in [0, 0.1) is 70.4 Å². The SMILES string of the molecule is CC(=O)O.CC(=O)OC(C)=O.CCOC(=O)C(N=O)=C(C)O.CCOC(=O)C(NC(C)=O)C(C)=O.CCOC(=O)CC(C)=O.CCOC(=O)c1nc(C)n(-c2ccccc2)c1C.CCOC(=O)c1nc(C)n(-c2ccccn2)c1C.Cc1nc(C[O-])c(C)n1-c1ccccc1.Cc1nc(C[O-])c(C)n1-c1ccccn1.Nc1ccccc1.Nc1ccccn1.O.O.O=CC(F)(F)F.O=N[O-].[Li+].[Li+].[Li+].[Li+].[Na+].[OH-].[OH-]. The number of imidazole rings is 4. The molecule has 754 valence electrons. The van der Waals surface area contributed by atoms with Crippen molar-refractivity contribution in [2.24, 2.45) is 10.5 Å². The molecular weight excluding hydrogens is 1860 g/mol. The minimum Gasteiger partial charge on any atom is -0.870 e. The van der Waals surface area contributed by atoms with Crippen molar-refractivity contribution < 1.29 is 246 Å². The number of aliphatic carboxylic acids is 1. The first-order chi connectivity index (χ1) is 62.7. The summed E-state index contributed by atoms with van der Waals surface area (Å²) >= 11 is 0. The number of aryl methyl sites for hydroxylation is 4. The van der Waals surface area contributed by atoms with Crippen LogP contribution in [0.15, 0.2) is 186 Å². The van der Waals surface area contributed by atoms with Crippen molar-refractivity contribution in [3.05, 3.63) is 260 Å². The molecule has 10 rings (SSSR count). The number of anilines is 2. The molecule has 0 fully saturated rings. The van der Waals surface area contributed by atoms with E-state index in [4.69, 9.17) is 50.9 Å². The zero-order valence-electron chi connectivity index (χ0n) is 84.2. The standard InChI is InChI=1S/C14H16N2O2.C13H15N3O2.C12H13N2O.C11H12N3O.C8H13NO4.C6H9NO4.C6H7N.C6H10O3.C5H6N2.C4H6O3.C2HF3O.C2H4O2.4Li.HNO2.Na.4H2O/c1-4-18-14(17)13-10(2)16(11(3)15-13)12-8-6-5-7-9-12;1-4-18-13(17)12-9(2)16(10(3)15-12)11-7-5-6-8-14-11;1-9-12(8-15)13-10(2)14(9)11-6-4-3-5-7-11;1-8-10(7-15)13-9(2)14(8)11-5-3-4-6-12-11;1-4-13-8(12)7(5(2)10)9-6(3)11;1-3-11-6(9)5(7-10)4(2)8;7-6-4-2-1-3-5-6;1-3-9-6(8)4-5(2)7;6-5-3-1-2-4-7-5;1-3(5)7-4(2)6;3-2(4,5)1-6;1-2(3)4;;;;;2-1-3;;;;;/h5-9H,4H2,1-3H3;5-8H,4H2,1-3H3;3-7H,8H2,1-2H3;3-6H,7H2,1-2H3;7H,4H2,1-3H3,(H,9,11);8H,3H2,1-2H3;1-5H,7H2;3-4H2,1-2H3;1-4H,(H2,6,7);1-2H3;1H;1H3,(H,3,4);;;;;(H,2,3);;4*1H2/q;;2*-1;;;;;;;;;4*+1;;+1;;;;/p-3. The largest absolute Gasteiger partial charge is 1.00 e. The van der Waals surface area contributed by atoms with E-state index in [1.54, 1.807) is 59.3 Å². The van der Waals surface area contributed by atoms with E-state index in [1.807, 2.05) is 213 Å². The first-order valence-corrected chi connectivity index (χ1v) is 39.7. The van der Waals surface area contributed by atoms with Crippen LogP contribution in [0.4, 0.5) is 24.7 Å². The van der Waals surface area contributed by atoms with E-state index < -0.39 is 83.4 Å². The fraction of sp³-hybridized carbons (Fsp3) is 0.337. The van der Waals surface area contributed by atoms with Crippen LogP contribution in [0.25, 0.3) is 23.0 Å². The number of hydrogen-bond donors (Lipinski definition) is 5. The number of nitrogens with two attached hydrogens (primary N) is 2. The molecule has 1 atom stereocenters. The molecule has 0 spiro atoms. The van der Waals surface area contributed by atoms with Crippen LogP contribution >= 0.6 is 0 Å². The molecule has 53 heteroatoms. The monoisotopic (exact) mass is 1980 g/mol. The fourth-order valence-electron chi connectivity index (χ4n) is 9.95. The maximum absolute atomic E-state index is 11.8. The number of halogens is 3. The van der Waals surface area contributed by atoms with Gasteiger partial charge < -0.3 is 107 Å². The van der Waals surface area contributed by atoms with E-state index in [1.165, 1.54) is 41.5 Å². The Kier molecular flexibility index (Phi) is 96.6. The van der Waals surface area contributed by atoms with E-state index in [0.29, 0.717) is 54.2 Å². The van der Waals surface area contributed by atoms with E-state index in [2.05, 4.69) is 64.3 Å². The summed E-state index contributed by atoms with van der Waals surface area (Å²) in [4.78, 5) is 172. The molecule has 3 aromatic carbocycles. The number of nitrogens with one attached hydrogen (secondary N) is 1. The summed E-state index contributed by atoms with van der Waals surface area (Å²) in [6.07, 6.45) is -0.709. The van der Waals surface area contributed by atoms with Crippen LogP contribution in [-0.4, -0.2) is 202 Å². The van der Waals surface area contributed by atoms with Crippen LogP contribution in [0.5, 0.6) is 0 Å². The predicted octanol–water partition coefficient (Wildman–Crippen LogP) is -5.77. The first-order valence-electron chi connectivity index (χ1n) is 39.7. The molecule has 0 aliphatic rings. The number of aliphatic hydroxyl groups excluding tert-OH is 1. The maximum Gasteiger partial charge on any atom is 1.00 e. The van der Waals surface area contributed by atoms with Gasteiger partial charge in [0.05, 0.1) is 44.4 Å². The number of allylic oxidation sites excluding steroid dienone is 1. The number of carbonyl (C=O) groups is 12. The van der Waals surface area contributed by atoms with Crippen molar-refractivity contribution in [1.82, 2.24) is 58.5 Å². The number of rotatable bonds is 20. The molecule has 13 N–H and O–H groups in total. The zero-order valence-corrected chi connectivity index (χ0v) is 86.2. The zero-order chi connectivity index (χ0) is 102. The Morgan fingerprint density at radius 3 is 1.06 bits per heavy atom. The molecule has 0 aliphatic heterocycles. The Hall–Kier alpha value is -12.5. The minimum atomic E-state index is -4.64. The maximum atomic E-state index is 11.8. The third-order valence-electron chi connectivity index (χ3n) is 15.1. The Morgan fingerprint density at radius 1 is 0.486 bits per heavy atom. The summed E-state index contributed by atoms with van der Waals surface area (Å²) in [6, 6.07) is 44.8. The third kappa shape index (κ3) is 66.2. The number of ketones is 2. The van der Waals surface area contributed by atoms with Gasteiger partial charge in [-0.05, 0) is 189 Å². The van der Waals surface area contributed by atoms with Crippen LogP contribution < -0.4 is 132 Å². The van der Waals surface area contributed by atoms with Crippen molar-refractivity contribution in [3.8, 4) is 23.0 Å². The van der Waals surface area contributed by atoms with Gasteiger partial charge in [-0.3, -0.25) is 47.5 Å². The molecule has 0 saturated heterocycles. The Morgan fingerprint density at radius 2 is 0.803 bits per heavy atom. The molecule has 45 nitrogen and oxygen atoms in total. The van der Waals surface area contributed by atoms with Crippen LogP contribution in [-0.2, 0) is 89.6 Å². The topological polar surface area (TPSA) is 726 Å². The number of ether oxygens (including phenoxy) is 6. The summed E-state index contributed by atoms with van der Waals surface area (Å²) in [5, 5.41) is 51.3. The van der Waals surface area contributed by atoms with Crippen LogP contribution in [0.3, 0.4) is 0 Å². The van der Waals surface area contributed by atoms with Gasteiger partial charge in [0.25, 0.3) is 5.97 Å². The second kappa shape index (κ2) is 88.6. The average molecular weight is 1980 g/mol. The van der Waals surface area contributed by atoms with Gasteiger partial charge in [0.2, 0.25) is 17.9 Å². The second-order valence-electron chi connectivity index (χ2n) is 25.6. The van der Waals surface area contributed by atoms with Crippen LogP contribution in [0.1, 0.15) is 168 Å². The number of hydrogen-bond acceptors (Lipinski definition) is 37. The molecule has 0 saturated carbocycles. The number of nitrogens with zero attached hydrogens (tertiary/aromatic N) is 13. The molecule has 0 bridgehead atoms. The number of aliphatic hydroxyl groups is 1. The number of benzene rings is 3. The number of carboxylic acids is 1. The quantitative estimate of drug-likeness (QED) is 0.00453. The number of pyridine rings is 3. The van der Waals surface area contributed by atoms with Crippen molar-refractivity contribution >= 4 is 83.0 Å². The summed E-state index contributed by atoms with van der Waals surface area (Å²) in [7, 11) is 0. The first kappa shape index (κ1) is 155. The fourth-order valence-corrected chi connectivity index (χ4v) is 9.95. The molecule has 0 aliphatic carbocycles. The normalized spacial score (nSPS) is 9.36. The smallest absolute Gasteiger partial charge is 0.870 e. The number of nitroso groups, excluding NO2 is 1. The van der Waals surface area contributed by atoms with Crippen molar-refractivity contribution in [2.75, 3.05) is 44.5 Å². The number of carboxylic acid groups (broad SMARTS) is 1. The molecule has 0 radical (unpaired) electrons. The summed E-state index contributed by atoms with van der Waals surface area (Å²) < 4.78 is 66.4. The van der Waals surface area contributed by atoms with Crippen molar-refractivity contribution in [2.45, 2.75) is 170 Å². The predicted molar refractivity (Wildman–Crippen MR) is 489 cm³/mol. The molecule has 142 heavy (non-hydrogen) atoms. The summed E-state index contributed by atoms with van der Waals surface area (Å²) in [5.74, 6) is -0.956. The van der Waals surface area contributed by atoms with E-state index in [-0.39, 0.29) is 172 Å². The average Bonchev–Trinajstić information content (AvgIpc) is 1.67. The Labute approximate surface area is 889 Å². The van der Waals surface area contributed by atoms with Crippen LogP contribution in [0.2, 0.25) is 0 Å². The van der Waals surface area contributed by atoms with Gasteiger partial charge in [-0.2, -0.15) is 13.2 Å². The summed E-state index contributed by atoms with van der Waals surface area (Å²) in [5.41, 5.74) is 18.2. The van der Waals surface area contributed by atoms with Gasteiger partial charge in [0.1, 0.15) is 58.7 Å². The van der Waals surface area contributed by atoms with Crippen molar-refractivity contribution in [1.29, 1.82) is 0 Å². The second-order valence-corrected chi connectivity index (χ2v) is 25.6. The number of aromatic nitrogens is 11. The number of para-hydroxylation sites is 3. The number of amides is 1. The number of Topliss-reactive ketones (excluding diaryl/α,β-unsaturated/α-hetero) is 2. The van der Waals surface area contributed by atoms with E-state index >= 15 is 0 Å². The number of aldehydes is 1. The van der Waals surface area contributed by atoms with Gasteiger partial charge >= 0.3 is 153 Å². The summed E-state index contributed by atoms with van der Waals surface area (Å²) in [6.45, 7) is 32.8. The number of carbonyl (C=O) groups excluding carboxylic acids is 11. The van der Waals surface area contributed by atoms with E-state index in [0.717, 1.165) is 81.2 Å². The number of alkyl halides is 3. The molecule has 7 heterocycles. The van der Waals surface area contributed by atoms with E-state index in [9.17, 15) is 76.2 Å². The number of nitrogen functional groups attached to an aromatic ring is 2. The van der Waals surface area contributed by atoms with Gasteiger partial charge in [-0.1, -0.05) is 86.0 Å². The molecule has 10 aromatic rings. The molecule has 7 aromatic heterocycles. The molecule has 1 amide bonds. The Balaban J connectivity index is -0.000000131. The van der Waals surface area contributed by atoms with Gasteiger partial charge in [-0.15, -0.1) is 10.2 Å².